The van der Waals surface area contributed by atoms with Gasteiger partial charge in [-0.15, -0.1) is 21.5 Å². The van der Waals surface area contributed by atoms with Gasteiger partial charge in [0.1, 0.15) is 12.4 Å². The van der Waals surface area contributed by atoms with Crippen LogP contribution in [0, 0.1) is 6.92 Å². The van der Waals surface area contributed by atoms with Gasteiger partial charge in [0.15, 0.2) is 16.1 Å². The molecule has 0 bridgehead atoms. The summed E-state index contributed by atoms with van der Waals surface area (Å²) in [5.74, 6) is 2.06. The van der Waals surface area contributed by atoms with Crippen molar-refractivity contribution in [2.24, 2.45) is 0 Å². The lowest BCUT2D eigenvalue weighted by Gasteiger charge is -2.15. The van der Waals surface area contributed by atoms with Crippen LogP contribution in [0.4, 0.5) is 5.13 Å². The van der Waals surface area contributed by atoms with Gasteiger partial charge in [-0.3, -0.25) is 4.79 Å². The third-order valence-electron chi connectivity index (χ3n) is 5.41. The Balaban J connectivity index is 1.35. The van der Waals surface area contributed by atoms with Gasteiger partial charge < -0.3 is 14.6 Å². The maximum Gasteiger partial charge on any atom is 0.236 e. The summed E-state index contributed by atoms with van der Waals surface area (Å²) in [4.78, 5) is 17.1. The van der Waals surface area contributed by atoms with Crippen LogP contribution in [0.5, 0.6) is 5.75 Å². The molecular formula is C26H29N5O2S2. The van der Waals surface area contributed by atoms with Crippen molar-refractivity contribution in [2.45, 2.75) is 51.9 Å². The summed E-state index contributed by atoms with van der Waals surface area (Å²) in [7, 11) is 0. The topological polar surface area (TPSA) is 81.9 Å². The number of aryl methyl sites for hydroxylation is 1. The summed E-state index contributed by atoms with van der Waals surface area (Å²) < 4.78 is 8.13. The molecule has 4 aromatic rings. The van der Waals surface area contributed by atoms with Crippen LogP contribution in [0.1, 0.15) is 43.6 Å². The molecule has 2 aromatic carbocycles. The first-order chi connectivity index (χ1) is 16.9. The predicted octanol–water partition coefficient (Wildman–Crippen LogP) is 6.16. The van der Waals surface area contributed by atoms with E-state index in [-0.39, 0.29) is 11.7 Å². The van der Waals surface area contributed by atoms with Crippen molar-refractivity contribution in [3.05, 3.63) is 70.9 Å². The Kier molecular flexibility index (Phi) is 8.20. The van der Waals surface area contributed by atoms with Crippen molar-refractivity contribution in [1.29, 1.82) is 0 Å². The second kappa shape index (κ2) is 11.5. The molecular weight excluding hydrogens is 478 g/mol. The summed E-state index contributed by atoms with van der Waals surface area (Å²) in [6, 6.07) is 16.2. The highest BCUT2D eigenvalue weighted by molar-refractivity contribution is 7.99. The van der Waals surface area contributed by atoms with E-state index in [0.717, 1.165) is 28.4 Å². The van der Waals surface area contributed by atoms with Crippen LogP contribution in [0.3, 0.4) is 0 Å². The van der Waals surface area contributed by atoms with Gasteiger partial charge >= 0.3 is 0 Å². The Morgan fingerprint density at radius 2 is 1.97 bits per heavy atom. The van der Waals surface area contributed by atoms with E-state index >= 15 is 0 Å². The van der Waals surface area contributed by atoms with E-state index in [1.807, 2.05) is 47.2 Å². The predicted molar refractivity (Wildman–Crippen MR) is 142 cm³/mol. The molecule has 7 nitrogen and oxygen atoms in total. The number of hydrogen-bond donors (Lipinski definition) is 1. The molecule has 4 rings (SSSR count). The number of thioether (sulfide) groups is 1. The maximum atomic E-state index is 12.5. The van der Waals surface area contributed by atoms with Crippen LogP contribution in [-0.2, 0) is 17.9 Å². The molecule has 35 heavy (non-hydrogen) atoms. The Morgan fingerprint density at radius 3 is 2.71 bits per heavy atom. The number of hydrogen-bond acceptors (Lipinski definition) is 7. The molecule has 0 unspecified atom stereocenters. The van der Waals surface area contributed by atoms with Crippen LogP contribution in [0.25, 0.3) is 11.3 Å². The molecule has 182 valence electrons. The van der Waals surface area contributed by atoms with Gasteiger partial charge in [-0.25, -0.2) is 4.98 Å². The van der Waals surface area contributed by atoms with Crippen molar-refractivity contribution >= 4 is 34.1 Å². The van der Waals surface area contributed by atoms with E-state index in [1.54, 1.807) is 0 Å². The minimum atomic E-state index is -0.131. The molecule has 0 aliphatic carbocycles. The van der Waals surface area contributed by atoms with Gasteiger partial charge in [-0.2, -0.15) is 0 Å². The van der Waals surface area contributed by atoms with E-state index in [2.05, 4.69) is 59.5 Å². The van der Waals surface area contributed by atoms with E-state index in [1.165, 1.54) is 28.7 Å². The molecule has 0 saturated heterocycles. The summed E-state index contributed by atoms with van der Waals surface area (Å²) in [5.41, 5.74) is 4.19. The number of carbonyl (C=O) groups excluding carboxylic acids is 1. The van der Waals surface area contributed by atoms with Crippen molar-refractivity contribution in [3.8, 4) is 17.0 Å². The SMILES string of the molecule is CCn1c(COc2cc(C)ccc2C(C)C)nnc1SCC(=O)Nc1nc(-c2ccccc2)cs1. The number of nitrogens with zero attached hydrogens (tertiary/aromatic N) is 4. The Morgan fingerprint density at radius 1 is 1.17 bits per heavy atom. The first-order valence-corrected chi connectivity index (χ1v) is 13.4. The van der Waals surface area contributed by atoms with Crippen molar-refractivity contribution < 1.29 is 9.53 Å². The highest BCUT2D eigenvalue weighted by Gasteiger charge is 2.16. The number of carbonyl (C=O) groups is 1. The van der Waals surface area contributed by atoms with E-state index in [4.69, 9.17) is 4.74 Å². The highest BCUT2D eigenvalue weighted by Crippen LogP contribution is 2.29. The number of ether oxygens (including phenoxy) is 1. The molecule has 0 atom stereocenters. The number of benzene rings is 2. The molecule has 0 saturated carbocycles. The van der Waals surface area contributed by atoms with Crippen molar-refractivity contribution in [3.63, 3.8) is 0 Å². The monoisotopic (exact) mass is 507 g/mol. The maximum absolute atomic E-state index is 12.5. The average Bonchev–Trinajstić information content (AvgIpc) is 3.48. The minimum Gasteiger partial charge on any atom is -0.485 e. The second-order valence-electron chi connectivity index (χ2n) is 8.37. The van der Waals surface area contributed by atoms with Gasteiger partial charge in [-0.05, 0) is 37.0 Å². The van der Waals surface area contributed by atoms with Crippen LogP contribution >= 0.6 is 23.1 Å². The Labute approximate surface area is 214 Å². The van der Waals surface area contributed by atoms with Crippen molar-refractivity contribution in [2.75, 3.05) is 11.1 Å². The third kappa shape index (κ3) is 6.29. The number of thiazole rings is 1. The molecule has 2 heterocycles. The number of nitrogens with one attached hydrogen (secondary N) is 1. The van der Waals surface area contributed by atoms with Gasteiger partial charge in [0.2, 0.25) is 5.91 Å². The Bertz CT molecular complexity index is 1280. The lowest BCUT2D eigenvalue weighted by molar-refractivity contribution is -0.113. The fourth-order valence-electron chi connectivity index (χ4n) is 3.59. The zero-order chi connectivity index (χ0) is 24.8. The zero-order valence-corrected chi connectivity index (χ0v) is 21.9. The molecule has 0 aliphatic heterocycles. The van der Waals surface area contributed by atoms with Crippen LogP contribution < -0.4 is 10.1 Å². The minimum absolute atomic E-state index is 0.131. The summed E-state index contributed by atoms with van der Waals surface area (Å²) in [6.45, 7) is 9.40. The first-order valence-electron chi connectivity index (χ1n) is 11.5. The molecule has 0 radical (unpaired) electrons. The average molecular weight is 508 g/mol. The first kappa shape index (κ1) is 24.9. The van der Waals surface area contributed by atoms with Gasteiger partial charge in [-0.1, -0.05) is 68.1 Å². The number of amides is 1. The Hall–Kier alpha value is -3.17. The summed E-state index contributed by atoms with van der Waals surface area (Å²) >= 11 is 2.77. The number of anilines is 1. The van der Waals surface area contributed by atoms with Crippen LogP contribution in [-0.4, -0.2) is 31.4 Å². The lowest BCUT2D eigenvalue weighted by atomic mass is 10.0. The fourth-order valence-corrected chi connectivity index (χ4v) is 5.15. The molecule has 0 fully saturated rings. The van der Waals surface area contributed by atoms with Gasteiger partial charge in [0.25, 0.3) is 0 Å². The largest absolute Gasteiger partial charge is 0.485 e. The quantitative estimate of drug-likeness (QED) is 0.259. The van der Waals surface area contributed by atoms with E-state index < -0.39 is 0 Å². The summed E-state index contributed by atoms with van der Waals surface area (Å²) in [5, 5.41) is 14.7. The summed E-state index contributed by atoms with van der Waals surface area (Å²) in [6.07, 6.45) is 0. The van der Waals surface area contributed by atoms with Crippen LogP contribution in [0.15, 0.2) is 59.1 Å². The molecule has 1 N–H and O–H groups in total. The standard InChI is InChI=1S/C26H29N5O2S2/c1-5-31-23(14-33-22-13-18(4)11-12-20(22)17(2)3)29-30-26(31)35-16-24(32)28-25-27-21(15-34-25)19-9-7-6-8-10-19/h6-13,15,17H,5,14,16H2,1-4H3,(H,27,28,32). The van der Waals surface area contributed by atoms with Crippen LogP contribution in [0.2, 0.25) is 0 Å². The van der Waals surface area contributed by atoms with E-state index in [9.17, 15) is 4.79 Å². The normalized spacial score (nSPS) is 11.1. The zero-order valence-electron chi connectivity index (χ0n) is 20.3. The fraction of sp³-hybridized carbons (Fsp3) is 0.308. The second-order valence-corrected chi connectivity index (χ2v) is 10.2. The molecule has 1 amide bonds. The third-order valence-corrected chi connectivity index (χ3v) is 7.13. The van der Waals surface area contributed by atoms with Gasteiger partial charge in [0, 0.05) is 17.5 Å². The number of aromatic nitrogens is 4. The lowest BCUT2D eigenvalue weighted by Crippen LogP contribution is -2.14. The van der Waals surface area contributed by atoms with E-state index in [0.29, 0.717) is 29.4 Å². The highest BCUT2D eigenvalue weighted by atomic mass is 32.2. The number of rotatable bonds is 10. The molecule has 0 aliphatic rings. The smallest absolute Gasteiger partial charge is 0.236 e. The molecule has 2 aromatic heterocycles. The van der Waals surface area contributed by atoms with Gasteiger partial charge in [0.05, 0.1) is 11.4 Å². The molecule has 0 spiro atoms. The molecule has 9 heteroatoms. The van der Waals surface area contributed by atoms with Crippen molar-refractivity contribution in [1.82, 2.24) is 19.7 Å².